The van der Waals surface area contributed by atoms with Crippen LogP contribution in [0.4, 0.5) is 0 Å². The van der Waals surface area contributed by atoms with Crippen LogP contribution in [0, 0.1) is 5.92 Å². The third kappa shape index (κ3) is 6.59. The molecule has 1 heterocycles. The molecule has 5 nitrogen and oxygen atoms in total. The molecule has 0 saturated carbocycles. The number of aryl methyl sites for hydroxylation is 1. The smallest absolute Gasteiger partial charge is 0.188 e. The van der Waals surface area contributed by atoms with Crippen LogP contribution in [0.25, 0.3) is 0 Å². The Bertz CT molecular complexity index is 408. The molecule has 1 atom stereocenters. The molecule has 0 aliphatic rings. The molecule has 1 aromatic rings. The van der Waals surface area contributed by atoms with Crippen LogP contribution in [-0.4, -0.2) is 28.3 Å². The zero-order chi connectivity index (χ0) is 15.0. The monoisotopic (exact) mass is 279 g/mol. The molecule has 0 radical (unpaired) electrons. The molecule has 3 N–H and O–H groups in total. The first-order valence-electron chi connectivity index (χ1n) is 7.52. The van der Waals surface area contributed by atoms with Crippen molar-refractivity contribution in [1.82, 2.24) is 15.1 Å². The maximum absolute atomic E-state index is 5.90. The van der Waals surface area contributed by atoms with Crippen molar-refractivity contribution in [3.05, 3.63) is 18.0 Å². The van der Waals surface area contributed by atoms with Crippen molar-refractivity contribution in [3.8, 4) is 0 Å². The van der Waals surface area contributed by atoms with Crippen LogP contribution in [-0.2, 0) is 13.5 Å². The van der Waals surface area contributed by atoms with Gasteiger partial charge in [-0.05, 0) is 25.3 Å². The number of hydrogen-bond acceptors (Lipinski definition) is 2. The number of aromatic nitrogens is 2. The summed E-state index contributed by atoms with van der Waals surface area (Å²) in [6.07, 6.45) is 6.30. The van der Waals surface area contributed by atoms with E-state index in [0.29, 0.717) is 18.5 Å². The molecule has 1 rings (SSSR count). The fourth-order valence-electron chi connectivity index (χ4n) is 2.14. The Hall–Kier alpha value is -1.52. The van der Waals surface area contributed by atoms with E-state index in [4.69, 9.17) is 5.73 Å². The average molecular weight is 279 g/mol. The van der Waals surface area contributed by atoms with Gasteiger partial charge in [0.15, 0.2) is 5.96 Å². The van der Waals surface area contributed by atoms with Crippen molar-refractivity contribution in [2.45, 2.75) is 52.5 Å². The summed E-state index contributed by atoms with van der Waals surface area (Å²) >= 11 is 0. The summed E-state index contributed by atoms with van der Waals surface area (Å²) in [5, 5.41) is 7.39. The highest BCUT2D eigenvalue weighted by Gasteiger charge is 2.04. The largest absolute Gasteiger partial charge is 0.370 e. The van der Waals surface area contributed by atoms with Gasteiger partial charge in [-0.2, -0.15) is 5.10 Å². The fourth-order valence-corrected chi connectivity index (χ4v) is 2.14. The van der Waals surface area contributed by atoms with Gasteiger partial charge in [-0.15, -0.1) is 0 Å². The minimum Gasteiger partial charge on any atom is -0.370 e. The summed E-state index contributed by atoms with van der Waals surface area (Å²) in [7, 11) is 1.94. The Labute approximate surface area is 122 Å². The lowest BCUT2D eigenvalue weighted by atomic mass is 10.0. The van der Waals surface area contributed by atoms with Gasteiger partial charge in [-0.3, -0.25) is 9.67 Å². The highest BCUT2D eigenvalue weighted by molar-refractivity contribution is 5.78. The van der Waals surface area contributed by atoms with Crippen LogP contribution in [0.5, 0.6) is 0 Å². The first kappa shape index (κ1) is 16.5. The number of nitrogens with one attached hydrogen (secondary N) is 1. The van der Waals surface area contributed by atoms with Crippen molar-refractivity contribution in [3.63, 3.8) is 0 Å². The molecule has 0 bridgehead atoms. The first-order valence-corrected chi connectivity index (χ1v) is 7.52. The van der Waals surface area contributed by atoms with Gasteiger partial charge in [0.2, 0.25) is 0 Å². The Morgan fingerprint density at radius 1 is 1.40 bits per heavy atom. The van der Waals surface area contributed by atoms with Gasteiger partial charge in [-0.1, -0.05) is 26.7 Å². The van der Waals surface area contributed by atoms with Crippen LogP contribution < -0.4 is 11.1 Å². The lowest BCUT2D eigenvalue weighted by Crippen LogP contribution is -2.38. The number of nitrogens with two attached hydrogens (primary N) is 1. The third-order valence-corrected chi connectivity index (χ3v) is 3.39. The molecule has 0 aliphatic carbocycles. The van der Waals surface area contributed by atoms with Gasteiger partial charge in [0.05, 0.1) is 0 Å². The summed E-state index contributed by atoms with van der Waals surface area (Å²) in [4.78, 5) is 4.37. The third-order valence-electron chi connectivity index (χ3n) is 3.39. The summed E-state index contributed by atoms with van der Waals surface area (Å²) in [5.74, 6) is 1.32. The van der Waals surface area contributed by atoms with E-state index in [1.807, 2.05) is 17.8 Å². The number of rotatable bonds is 8. The Morgan fingerprint density at radius 3 is 2.75 bits per heavy atom. The topological polar surface area (TPSA) is 68.2 Å². The Kier molecular flexibility index (Phi) is 7.12. The molecule has 1 unspecified atom stereocenters. The van der Waals surface area contributed by atoms with Crippen molar-refractivity contribution in [2.24, 2.45) is 23.7 Å². The van der Waals surface area contributed by atoms with E-state index >= 15 is 0 Å². The highest BCUT2D eigenvalue weighted by Crippen LogP contribution is 2.08. The highest BCUT2D eigenvalue weighted by atomic mass is 15.3. The zero-order valence-corrected chi connectivity index (χ0v) is 13.3. The van der Waals surface area contributed by atoms with Gasteiger partial charge < -0.3 is 11.1 Å². The summed E-state index contributed by atoms with van der Waals surface area (Å²) in [6, 6.07) is 2.39. The Morgan fingerprint density at radius 2 is 2.15 bits per heavy atom. The van der Waals surface area contributed by atoms with Gasteiger partial charge in [0, 0.05) is 37.9 Å². The van der Waals surface area contributed by atoms with E-state index in [1.54, 1.807) is 6.20 Å². The molecule has 20 heavy (non-hydrogen) atoms. The van der Waals surface area contributed by atoms with E-state index in [-0.39, 0.29) is 0 Å². The van der Waals surface area contributed by atoms with Gasteiger partial charge in [-0.25, -0.2) is 0 Å². The molecular formula is C15H29N5. The summed E-state index contributed by atoms with van der Waals surface area (Å²) in [5.41, 5.74) is 7.07. The van der Waals surface area contributed by atoms with Gasteiger partial charge in [0.25, 0.3) is 0 Å². The average Bonchev–Trinajstić information content (AvgIpc) is 2.74. The molecule has 0 aliphatic heterocycles. The molecule has 0 aromatic carbocycles. The van der Waals surface area contributed by atoms with Crippen molar-refractivity contribution in [2.75, 3.05) is 6.54 Å². The zero-order valence-electron chi connectivity index (χ0n) is 13.3. The second kappa shape index (κ2) is 8.61. The standard InChI is InChI=1S/C15H29N5/c1-12(2)6-5-7-13(3)19-15(16)17-10-8-14-9-11-18-20(14)4/h9,11-13H,5-8,10H2,1-4H3,(H3,16,17,19). The van der Waals surface area contributed by atoms with Crippen LogP contribution in [0.3, 0.4) is 0 Å². The molecule has 0 spiro atoms. The minimum atomic E-state index is 0.384. The van der Waals surface area contributed by atoms with Crippen LogP contribution in [0.2, 0.25) is 0 Å². The van der Waals surface area contributed by atoms with E-state index in [0.717, 1.165) is 18.8 Å². The Balaban J connectivity index is 2.22. The van der Waals surface area contributed by atoms with Crippen LogP contribution in [0.15, 0.2) is 17.3 Å². The number of hydrogen-bond donors (Lipinski definition) is 2. The molecule has 114 valence electrons. The lowest BCUT2D eigenvalue weighted by Gasteiger charge is -2.15. The van der Waals surface area contributed by atoms with E-state index < -0.39 is 0 Å². The quantitative estimate of drug-likeness (QED) is 0.565. The molecular weight excluding hydrogens is 250 g/mol. The van der Waals surface area contributed by atoms with E-state index in [2.05, 4.69) is 36.2 Å². The van der Waals surface area contributed by atoms with Gasteiger partial charge in [0.1, 0.15) is 0 Å². The maximum atomic E-state index is 5.90. The van der Waals surface area contributed by atoms with Crippen molar-refractivity contribution < 1.29 is 0 Å². The van der Waals surface area contributed by atoms with Crippen LogP contribution in [0.1, 0.15) is 45.7 Å². The predicted octanol–water partition coefficient (Wildman–Crippen LogP) is 2.08. The molecule has 1 aromatic heterocycles. The SMILES string of the molecule is CC(C)CCCC(C)NC(N)=NCCc1ccnn1C. The molecule has 5 heteroatoms. The van der Waals surface area contributed by atoms with Crippen molar-refractivity contribution >= 4 is 5.96 Å². The number of guanidine groups is 1. The maximum Gasteiger partial charge on any atom is 0.188 e. The molecule has 0 amide bonds. The lowest BCUT2D eigenvalue weighted by molar-refractivity contribution is 0.493. The van der Waals surface area contributed by atoms with Crippen molar-refractivity contribution in [1.29, 1.82) is 0 Å². The summed E-state index contributed by atoms with van der Waals surface area (Å²) < 4.78 is 1.87. The number of aliphatic imine (C=N–C) groups is 1. The second-order valence-corrected chi connectivity index (χ2v) is 5.83. The fraction of sp³-hybridized carbons (Fsp3) is 0.733. The van der Waals surface area contributed by atoms with E-state index in [9.17, 15) is 0 Å². The molecule has 0 saturated heterocycles. The van der Waals surface area contributed by atoms with Gasteiger partial charge >= 0.3 is 0 Å². The minimum absolute atomic E-state index is 0.384. The second-order valence-electron chi connectivity index (χ2n) is 5.83. The predicted molar refractivity (Wildman–Crippen MR) is 84.7 cm³/mol. The van der Waals surface area contributed by atoms with Crippen LogP contribution >= 0.6 is 0 Å². The molecule has 0 fully saturated rings. The first-order chi connectivity index (χ1) is 9.49. The van der Waals surface area contributed by atoms with E-state index in [1.165, 1.54) is 18.5 Å². The normalized spacial score (nSPS) is 13.8. The number of nitrogens with zero attached hydrogens (tertiary/aromatic N) is 3. The summed E-state index contributed by atoms with van der Waals surface area (Å²) in [6.45, 7) is 7.36.